The lowest BCUT2D eigenvalue weighted by Crippen LogP contribution is -2.37. The van der Waals surface area contributed by atoms with Crippen LogP contribution in [0.5, 0.6) is 0 Å². The van der Waals surface area contributed by atoms with Crippen molar-refractivity contribution in [2.75, 3.05) is 0 Å². The van der Waals surface area contributed by atoms with Crippen LogP contribution in [0, 0.1) is 5.92 Å². The second-order valence-corrected chi connectivity index (χ2v) is 7.77. The number of carbonyl (C=O) groups is 2. The Labute approximate surface area is 166 Å². The highest BCUT2D eigenvalue weighted by molar-refractivity contribution is 5.89. The Morgan fingerprint density at radius 2 is 1.59 bits per heavy atom. The lowest BCUT2D eigenvalue weighted by molar-refractivity contribution is 0.0686. The fraction of sp³-hybridized carbons (Fsp3) is 0.286. The van der Waals surface area contributed by atoms with Crippen molar-refractivity contribution < 1.29 is 19.8 Å². The number of carboxylic acid groups (broad SMARTS) is 2. The summed E-state index contributed by atoms with van der Waals surface area (Å²) in [6, 6.07) is 10.1. The van der Waals surface area contributed by atoms with E-state index < -0.39 is 17.4 Å². The van der Waals surface area contributed by atoms with Gasteiger partial charge >= 0.3 is 11.9 Å². The summed E-state index contributed by atoms with van der Waals surface area (Å²) in [6.45, 7) is 4.18. The van der Waals surface area contributed by atoms with E-state index in [0.717, 1.165) is 22.3 Å². The molecule has 4 rings (SSSR count). The van der Waals surface area contributed by atoms with Gasteiger partial charge in [0.2, 0.25) is 0 Å². The van der Waals surface area contributed by atoms with Crippen LogP contribution in [0.3, 0.4) is 0 Å². The van der Waals surface area contributed by atoms with Crippen molar-refractivity contribution in [2.45, 2.75) is 32.1 Å². The fourth-order valence-corrected chi connectivity index (χ4v) is 4.44. The fourth-order valence-electron chi connectivity index (χ4n) is 4.44. The lowest BCUT2D eigenvalue weighted by Gasteiger charge is -2.40. The van der Waals surface area contributed by atoms with Crippen LogP contribution in [0.15, 0.2) is 36.4 Å². The quantitative estimate of drug-likeness (QED) is 0.609. The van der Waals surface area contributed by atoms with Crippen LogP contribution in [-0.4, -0.2) is 42.8 Å². The molecule has 0 atom stereocenters. The first-order chi connectivity index (χ1) is 13.8. The van der Waals surface area contributed by atoms with Gasteiger partial charge in [-0.1, -0.05) is 31.2 Å². The maximum atomic E-state index is 11.5. The Hall–Kier alpha value is -3.55. The van der Waals surface area contributed by atoms with Crippen molar-refractivity contribution >= 4 is 11.9 Å². The molecular formula is C21H20N4O4. The number of hydrogen-bond donors (Lipinski definition) is 3. The van der Waals surface area contributed by atoms with Gasteiger partial charge in [0.25, 0.3) is 0 Å². The van der Waals surface area contributed by atoms with Crippen molar-refractivity contribution in [2.24, 2.45) is 5.92 Å². The van der Waals surface area contributed by atoms with Gasteiger partial charge in [-0.2, -0.15) is 5.21 Å². The highest BCUT2D eigenvalue weighted by Gasteiger charge is 2.46. The molecule has 1 aliphatic rings. The minimum absolute atomic E-state index is 0.188. The molecule has 0 spiro atoms. The van der Waals surface area contributed by atoms with Crippen LogP contribution in [-0.2, 0) is 11.8 Å². The van der Waals surface area contributed by atoms with Crippen LogP contribution in [0.2, 0.25) is 0 Å². The van der Waals surface area contributed by atoms with E-state index in [9.17, 15) is 19.8 Å². The van der Waals surface area contributed by atoms with Gasteiger partial charge < -0.3 is 10.2 Å². The summed E-state index contributed by atoms with van der Waals surface area (Å²) in [5.74, 6) is -1.27. The molecule has 29 heavy (non-hydrogen) atoms. The summed E-state index contributed by atoms with van der Waals surface area (Å²) in [5, 5.41) is 33.8. The van der Waals surface area contributed by atoms with E-state index in [4.69, 9.17) is 0 Å². The molecule has 1 heterocycles. The maximum absolute atomic E-state index is 11.5. The number of fused-ring (bicyclic) bond motifs is 2. The number of aromatic carboxylic acids is 2. The van der Waals surface area contributed by atoms with Gasteiger partial charge in [0.05, 0.1) is 16.5 Å². The number of carboxylic acids is 2. The van der Waals surface area contributed by atoms with E-state index in [-0.39, 0.29) is 17.0 Å². The number of hydrogen-bond acceptors (Lipinski definition) is 5. The van der Waals surface area contributed by atoms with Gasteiger partial charge in [-0.15, -0.1) is 10.2 Å². The van der Waals surface area contributed by atoms with Gasteiger partial charge in [0.1, 0.15) is 0 Å². The van der Waals surface area contributed by atoms with Gasteiger partial charge in [-0.25, -0.2) is 9.59 Å². The van der Waals surface area contributed by atoms with Crippen molar-refractivity contribution in [3.05, 3.63) is 75.6 Å². The molecule has 0 saturated carbocycles. The third kappa shape index (κ3) is 2.97. The Balaban J connectivity index is 2.06. The zero-order valence-electron chi connectivity index (χ0n) is 16.0. The summed E-state index contributed by atoms with van der Waals surface area (Å²) in [7, 11) is 0. The molecule has 0 radical (unpaired) electrons. The monoisotopic (exact) mass is 392 g/mol. The maximum Gasteiger partial charge on any atom is 0.335 e. The second kappa shape index (κ2) is 6.80. The number of nitrogens with one attached hydrogen (secondary N) is 1. The average molecular weight is 392 g/mol. The number of benzene rings is 2. The van der Waals surface area contributed by atoms with E-state index in [0.29, 0.717) is 18.7 Å². The van der Waals surface area contributed by atoms with Crippen LogP contribution < -0.4 is 0 Å². The molecule has 0 bridgehead atoms. The summed E-state index contributed by atoms with van der Waals surface area (Å²) >= 11 is 0. The molecule has 0 amide bonds. The first-order valence-corrected chi connectivity index (χ1v) is 9.30. The zero-order chi connectivity index (χ0) is 20.8. The molecule has 148 valence electrons. The van der Waals surface area contributed by atoms with E-state index in [1.807, 2.05) is 12.1 Å². The first kappa shape index (κ1) is 18.8. The number of nitrogens with zero attached hydrogens (tertiary/aromatic N) is 3. The smallest absolute Gasteiger partial charge is 0.335 e. The Bertz CT molecular complexity index is 1040. The number of aromatic amines is 1. The van der Waals surface area contributed by atoms with Gasteiger partial charge in [0, 0.05) is 0 Å². The Morgan fingerprint density at radius 3 is 2.00 bits per heavy atom. The van der Waals surface area contributed by atoms with Crippen LogP contribution >= 0.6 is 0 Å². The standard InChI is InChI=1S/C21H20N4O4/c1-11(2)10-21(20-22-24-25-23-20)16-5-3-12(18(26)27)7-14(16)9-15-8-13(19(28)29)4-6-17(15)21/h3-8,11H,9-10H2,1-2H3,(H,26,27)(H,28,29)(H,22,23,24,25). The van der Waals surface area contributed by atoms with Crippen LogP contribution in [0.25, 0.3) is 0 Å². The highest BCUT2D eigenvalue weighted by atomic mass is 16.4. The SMILES string of the molecule is CC(C)CC1(c2nn[nH]n2)c2ccc(C(=O)O)cc2Cc2cc(C(=O)O)ccc21. The van der Waals surface area contributed by atoms with Crippen molar-refractivity contribution in [3.8, 4) is 0 Å². The largest absolute Gasteiger partial charge is 0.478 e. The van der Waals surface area contributed by atoms with Crippen molar-refractivity contribution in [1.82, 2.24) is 20.6 Å². The predicted octanol–water partition coefficient (Wildman–Crippen LogP) is 2.88. The second-order valence-electron chi connectivity index (χ2n) is 7.77. The van der Waals surface area contributed by atoms with Crippen LogP contribution in [0.1, 0.15) is 69.1 Å². The number of H-pyrrole nitrogens is 1. The molecule has 0 saturated heterocycles. The molecule has 3 N–H and O–H groups in total. The molecule has 0 aliphatic heterocycles. The van der Waals surface area contributed by atoms with Gasteiger partial charge in [-0.05, 0) is 65.3 Å². The summed E-state index contributed by atoms with van der Waals surface area (Å²) in [4.78, 5) is 23.1. The molecule has 0 fully saturated rings. The number of aromatic nitrogens is 4. The number of tetrazole rings is 1. The highest BCUT2D eigenvalue weighted by Crippen LogP contribution is 2.49. The van der Waals surface area contributed by atoms with Crippen LogP contribution in [0.4, 0.5) is 0 Å². The molecule has 1 aliphatic carbocycles. The number of rotatable bonds is 5. The van der Waals surface area contributed by atoms with E-state index >= 15 is 0 Å². The predicted molar refractivity (Wildman–Crippen MR) is 103 cm³/mol. The topological polar surface area (TPSA) is 129 Å². The summed E-state index contributed by atoms with van der Waals surface area (Å²) in [5.41, 5.74) is 3.12. The lowest BCUT2D eigenvalue weighted by atomic mass is 9.62. The van der Waals surface area contributed by atoms with Gasteiger partial charge in [-0.3, -0.25) is 0 Å². The molecule has 0 unspecified atom stereocenters. The molecule has 3 aromatic rings. The minimum Gasteiger partial charge on any atom is -0.478 e. The minimum atomic E-state index is -1.01. The Morgan fingerprint density at radius 1 is 1.03 bits per heavy atom. The average Bonchev–Trinajstić information content (AvgIpc) is 3.21. The zero-order valence-corrected chi connectivity index (χ0v) is 16.0. The molecular weight excluding hydrogens is 372 g/mol. The van der Waals surface area contributed by atoms with Gasteiger partial charge in [0.15, 0.2) is 5.82 Å². The van der Waals surface area contributed by atoms with E-state index in [2.05, 4.69) is 34.5 Å². The molecule has 1 aromatic heterocycles. The third-order valence-electron chi connectivity index (χ3n) is 5.45. The third-order valence-corrected chi connectivity index (χ3v) is 5.45. The summed E-state index contributed by atoms with van der Waals surface area (Å²) < 4.78 is 0. The van der Waals surface area contributed by atoms with E-state index in [1.54, 1.807) is 24.3 Å². The first-order valence-electron chi connectivity index (χ1n) is 9.30. The molecule has 8 heteroatoms. The van der Waals surface area contributed by atoms with Crippen molar-refractivity contribution in [1.29, 1.82) is 0 Å². The summed E-state index contributed by atoms with van der Waals surface area (Å²) in [6.07, 6.45) is 1.09. The Kier molecular flexibility index (Phi) is 4.41. The normalized spacial score (nSPS) is 14.3. The molecule has 2 aromatic carbocycles. The van der Waals surface area contributed by atoms with Crippen molar-refractivity contribution in [3.63, 3.8) is 0 Å². The van der Waals surface area contributed by atoms with E-state index in [1.165, 1.54) is 0 Å². The molecule has 8 nitrogen and oxygen atoms in total.